The maximum Gasteiger partial charge on any atom is 0.330 e. The fourth-order valence-corrected chi connectivity index (χ4v) is 3.45. The van der Waals surface area contributed by atoms with Gasteiger partial charge in [0, 0.05) is 12.2 Å². The molecule has 7 nitrogen and oxygen atoms in total. The van der Waals surface area contributed by atoms with Gasteiger partial charge in [0.25, 0.3) is 11.5 Å². The first-order valence-corrected chi connectivity index (χ1v) is 9.99. The van der Waals surface area contributed by atoms with Crippen LogP contribution in [0, 0.1) is 13.8 Å². The average molecular weight is 414 g/mol. The van der Waals surface area contributed by atoms with E-state index in [2.05, 4.69) is 15.3 Å². The van der Waals surface area contributed by atoms with Crippen LogP contribution in [0.5, 0.6) is 0 Å². The largest absolute Gasteiger partial charge is 0.330 e. The van der Waals surface area contributed by atoms with E-state index >= 15 is 0 Å². The van der Waals surface area contributed by atoms with E-state index in [0.717, 1.165) is 11.1 Å². The number of nitrogens with zero attached hydrogens (tertiary/aromatic N) is 2. The number of aromatic amines is 1. The summed E-state index contributed by atoms with van der Waals surface area (Å²) in [6.45, 7) is 4.01. The van der Waals surface area contributed by atoms with Crippen molar-refractivity contribution in [3.05, 3.63) is 104 Å². The van der Waals surface area contributed by atoms with Crippen molar-refractivity contribution in [3.63, 3.8) is 0 Å². The molecule has 0 unspecified atom stereocenters. The summed E-state index contributed by atoms with van der Waals surface area (Å²) in [6.07, 6.45) is 0.609. The number of nitrogens with one attached hydrogen (secondary N) is 2. The number of pyridine rings is 1. The Hall–Kier alpha value is -4.00. The zero-order chi connectivity index (χ0) is 22.0. The Labute approximate surface area is 178 Å². The maximum absolute atomic E-state index is 12.8. The highest BCUT2D eigenvalue weighted by Gasteiger charge is 2.16. The third-order valence-electron chi connectivity index (χ3n) is 5.18. The lowest BCUT2D eigenvalue weighted by atomic mass is 10.1. The molecule has 4 rings (SSSR count). The molecule has 2 aromatic heterocycles. The van der Waals surface area contributed by atoms with E-state index in [4.69, 9.17) is 0 Å². The molecule has 156 valence electrons. The number of hydrogen-bond donors (Lipinski definition) is 2. The number of carbonyl (C=O) groups is 1. The molecule has 1 amide bonds. The normalized spacial score (nSPS) is 10.9. The molecule has 0 fully saturated rings. The van der Waals surface area contributed by atoms with Crippen molar-refractivity contribution in [3.8, 4) is 0 Å². The zero-order valence-electron chi connectivity index (χ0n) is 17.3. The fourth-order valence-electron chi connectivity index (χ4n) is 3.45. The highest BCUT2D eigenvalue weighted by Crippen LogP contribution is 2.16. The number of anilines is 1. The van der Waals surface area contributed by atoms with Crippen molar-refractivity contribution >= 4 is 22.6 Å². The van der Waals surface area contributed by atoms with Gasteiger partial charge in [-0.05, 0) is 44.0 Å². The molecule has 7 heteroatoms. The number of hydrogen-bond acceptors (Lipinski definition) is 4. The summed E-state index contributed by atoms with van der Waals surface area (Å²) in [6, 6.07) is 18.7. The monoisotopic (exact) mass is 414 g/mol. The van der Waals surface area contributed by atoms with Crippen LogP contribution in [-0.4, -0.2) is 20.4 Å². The maximum atomic E-state index is 12.8. The molecule has 2 N–H and O–H groups in total. The van der Waals surface area contributed by atoms with Gasteiger partial charge in [-0.15, -0.1) is 0 Å². The van der Waals surface area contributed by atoms with Gasteiger partial charge in [0.2, 0.25) is 0 Å². The van der Waals surface area contributed by atoms with Gasteiger partial charge in [-0.3, -0.25) is 19.1 Å². The lowest BCUT2D eigenvalue weighted by molar-refractivity contribution is 0.102. The van der Waals surface area contributed by atoms with Crippen LogP contribution < -0.4 is 16.6 Å². The van der Waals surface area contributed by atoms with Crippen molar-refractivity contribution in [2.24, 2.45) is 0 Å². The van der Waals surface area contributed by atoms with Gasteiger partial charge in [0.05, 0.1) is 16.6 Å². The molecule has 0 aliphatic heterocycles. The number of benzene rings is 2. The summed E-state index contributed by atoms with van der Waals surface area (Å²) in [7, 11) is 0. The molecule has 4 aromatic rings. The van der Waals surface area contributed by atoms with Gasteiger partial charge in [-0.1, -0.05) is 48.0 Å². The summed E-state index contributed by atoms with van der Waals surface area (Å²) in [5.41, 5.74) is 2.72. The number of aryl methyl sites for hydroxylation is 4. The number of carbonyl (C=O) groups excluding carboxylic acids is 1. The molecule has 0 atom stereocenters. The van der Waals surface area contributed by atoms with Crippen LogP contribution in [0.2, 0.25) is 0 Å². The standard InChI is InChI=1S/C24H22N4O3/c1-15-8-10-18(11-9-15)26-22(29)19-14-20-21(25-16(19)2)28(24(31)27-23(20)30)13-12-17-6-4-3-5-7-17/h3-11,14H,12-13H2,1-2H3,(H,26,29)(H,27,30,31). The third-order valence-corrected chi connectivity index (χ3v) is 5.18. The Bertz CT molecular complexity index is 1370. The van der Waals surface area contributed by atoms with Gasteiger partial charge in [0.15, 0.2) is 0 Å². The van der Waals surface area contributed by atoms with Gasteiger partial charge in [-0.25, -0.2) is 9.78 Å². The number of fused-ring (bicyclic) bond motifs is 1. The van der Waals surface area contributed by atoms with Crippen molar-refractivity contribution in [1.29, 1.82) is 0 Å². The molecule has 2 heterocycles. The van der Waals surface area contributed by atoms with E-state index in [1.165, 1.54) is 10.6 Å². The highest BCUT2D eigenvalue weighted by atomic mass is 16.2. The van der Waals surface area contributed by atoms with Crippen molar-refractivity contribution in [1.82, 2.24) is 14.5 Å². The van der Waals surface area contributed by atoms with Crippen LogP contribution in [0.1, 0.15) is 27.2 Å². The van der Waals surface area contributed by atoms with Crippen LogP contribution in [-0.2, 0) is 13.0 Å². The van der Waals surface area contributed by atoms with Crippen LogP contribution in [0.3, 0.4) is 0 Å². The summed E-state index contributed by atoms with van der Waals surface area (Å²) < 4.78 is 1.44. The van der Waals surface area contributed by atoms with Crippen LogP contribution in [0.15, 0.2) is 70.3 Å². The first kappa shape index (κ1) is 20.3. The van der Waals surface area contributed by atoms with E-state index in [-0.39, 0.29) is 22.5 Å². The minimum atomic E-state index is -0.562. The Morgan fingerprint density at radius 1 is 1.03 bits per heavy atom. The van der Waals surface area contributed by atoms with Crippen molar-refractivity contribution in [2.45, 2.75) is 26.8 Å². The molecule has 0 saturated carbocycles. The van der Waals surface area contributed by atoms with Gasteiger partial charge in [-0.2, -0.15) is 0 Å². The molecule has 0 bridgehead atoms. The lowest BCUT2D eigenvalue weighted by Gasteiger charge is -2.12. The number of aromatic nitrogens is 3. The number of H-pyrrole nitrogens is 1. The molecular weight excluding hydrogens is 392 g/mol. The highest BCUT2D eigenvalue weighted by molar-refractivity contribution is 6.06. The van der Waals surface area contributed by atoms with Gasteiger partial charge < -0.3 is 5.32 Å². The second-order valence-electron chi connectivity index (χ2n) is 7.46. The van der Waals surface area contributed by atoms with Crippen LogP contribution >= 0.6 is 0 Å². The molecule has 31 heavy (non-hydrogen) atoms. The second-order valence-corrected chi connectivity index (χ2v) is 7.46. The van der Waals surface area contributed by atoms with E-state index in [1.807, 2.05) is 61.5 Å². The Balaban J connectivity index is 1.71. The van der Waals surface area contributed by atoms with Gasteiger partial charge in [0.1, 0.15) is 5.65 Å². The zero-order valence-corrected chi connectivity index (χ0v) is 17.3. The molecule has 0 aliphatic rings. The molecule has 0 spiro atoms. The Morgan fingerprint density at radius 3 is 2.45 bits per heavy atom. The number of amides is 1. The first-order valence-electron chi connectivity index (χ1n) is 9.99. The molecular formula is C24H22N4O3. The lowest BCUT2D eigenvalue weighted by Crippen LogP contribution is -2.32. The second kappa shape index (κ2) is 8.39. The van der Waals surface area contributed by atoms with Crippen LogP contribution in [0.4, 0.5) is 5.69 Å². The minimum Gasteiger partial charge on any atom is -0.322 e. The molecule has 0 aliphatic carbocycles. The average Bonchev–Trinajstić information content (AvgIpc) is 2.75. The molecule has 0 saturated heterocycles. The minimum absolute atomic E-state index is 0.201. The predicted molar refractivity (Wildman–Crippen MR) is 121 cm³/mol. The molecule has 2 aromatic carbocycles. The summed E-state index contributed by atoms with van der Waals surface area (Å²) in [4.78, 5) is 44.5. The third kappa shape index (κ3) is 4.30. The predicted octanol–water partition coefficient (Wildman–Crippen LogP) is 3.20. The molecule has 0 radical (unpaired) electrons. The van der Waals surface area contributed by atoms with E-state index in [0.29, 0.717) is 24.3 Å². The first-order chi connectivity index (χ1) is 14.9. The smallest absolute Gasteiger partial charge is 0.322 e. The SMILES string of the molecule is Cc1ccc(NC(=O)c2cc3c(=O)[nH]c(=O)n(CCc4ccccc4)c3nc2C)cc1. The Morgan fingerprint density at radius 2 is 1.74 bits per heavy atom. The van der Waals surface area contributed by atoms with E-state index in [1.54, 1.807) is 6.92 Å². The summed E-state index contributed by atoms with van der Waals surface area (Å²) in [5, 5.41) is 3.02. The summed E-state index contributed by atoms with van der Waals surface area (Å²) >= 11 is 0. The summed E-state index contributed by atoms with van der Waals surface area (Å²) in [5.74, 6) is -0.364. The van der Waals surface area contributed by atoms with Crippen molar-refractivity contribution in [2.75, 3.05) is 5.32 Å². The Kier molecular flexibility index (Phi) is 5.49. The topological polar surface area (TPSA) is 96.9 Å². The van der Waals surface area contributed by atoms with E-state index in [9.17, 15) is 14.4 Å². The van der Waals surface area contributed by atoms with Crippen LogP contribution in [0.25, 0.3) is 11.0 Å². The quantitative estimate of drug-likeness (QED) is 0.524. The number of rotatable bonds is 5. The van der Waals surface area contributed by atoms with Crippen molar-refractivity contribution < 1.29 is 4.79 Å². The fraction of sp³-hybridized carbons (Fsp3) is 0.167. The van der Waals surface area contributed by atoms with Gasteiger partial charge >= 0.3 is 5.69 Å². The van der Waals surface area contributed by atoms with E-state index < -0.39 is 11.2 Å².